The van der Waals surface area contributed by atoms with Crippen LogP contribution >= 0.6 is 0 Å². The molecule has 2 heteroatoms. The lowest BCUT2D eigenvalue weighted by Gasteiger charge is -2.38. The third kappa shape index (κ3) is 2.25. The van der Waals surface area contributed by atoms with Crippen LogP contribution < -0.4 is 0 Å². The van der Waals surface area contributed by atoms with Crippen molar-refractivity contribution in [3.8, 4) is 0 Å². The van der Waals surface area contributed by atoms with Gasteiger partial charge < -0.3 is 4.74 Å². The van der Waals surface area contributed by atoms with E-state index in [4.69, 9.17) is 4.74 Å². The van der Waals surface area contributed by atoms with Crippen molar-refractivity contribution in [2.45, 2.75) is 53.1 Å². The highest BCUT2D eigenvalue weighted by Crippen LogP contribution is 2.66. The normalized spacial score (nSPS) is 35.5. The number of rotatable bonds is 4. The highest BCUT2D eigenvalue weighted by atomic mass is 16.5. The molecular weight excluding hydrogens is 248 g/mol. The summed E-state index contributed by atoms with van der Waals surface area (Å²) in [5.74, 6) is 0.503. The van der Waals surface area contributed by atoms with Gasteiger partial charge in [-0.15, -0.1) is 0 Å². The fraction of sp³-hybridized carbons (Fsp3) is 0.611. The first-order valence-electron chi connectivity index (χ1n) is 7.50. The lowest BCUT2D eigenvalue weighted by Crippen LogP contribution is -2.38. The molecule has 0 N–H and O–H groups in total. The van der Waals surface area contributed by atoms with Gasteiger partial charge in [-0.2, -0.15) is 0 Å². The van der Waals surface area contributed by atoms with Gasteiger partial charge in [0.05, 0.1) is 0 Å². The molecule has 20 heavy (non-hydrogen) atoms. The fourth-order valence-corrected chi connectivity index (χ4v) is 3.88. The number of carbonyl (C=O) groups excluding carboxylic acids is 1. The first-order chi connectivity index (χ1) is 9.33. The van der Waals surface area contributed by atoms with E-state index in [1.165, 1.54) is 12.8 Å². The Hall–Kier alpha value is -1.31. The summed E-state index contributed by atoms with van der Waals surface area (Å²) < 4.78 is 5.81. The number of ether oxygens (including phenoxy) is 1. The molecule has 2 saturated carbocycles. The zero-order valence-electron chi connectivity index (χ0n) is 13.1. The Morgan fingerprint density at radius 2 is 2.00 bits per heavy atom. The minimum Gasteiger partial charge on any atom is -0.458 e. The molecule has 2 bridgehead atoms. The third-order valence-electron chi connectivity index (χ3n) is 5.88. The van der Waals surface area contributed by atoms with Gasteiger partial charge in [-0.1, -0.05) is 51.7 Å². The van der Waals surface area contributed by atoms with Crippen molar-refractivity contribution >= 4 is 5.97 Å². The summed E-state index contributed by atoms with van der Waals surface area (Å²) in [5.41, 5.74) is 1.05. The van der Waals surface area contributed by atoms with E-state index < -0.39 is 0 Å². The Morgan fingerprint density at radius 3 is 2.50 bits per heavy atom. The smallest absolute Gasteiger partial charge is 0.334 e. The zero-order chi connectivity index (χ0) is 15.0. The summed E-state index contributed by atoms with van der Waals surface area (Å²) in [6.07, 6.45) is 10.6. The molecule has 2 rings (SSSR count). The molecular formula is C18H26O2. The second-order valence-electron chi connectivity index (χ2n) is 6.97. The van der Waals surface area contributed by atoms with Crippen molar-refractivity contribution < 1.29 is 9.53 Å². The molecule has 110 valence electrons. The maximum Gasteiger partial charge on any atom is 0.334 e. The van der Waals surface area contributed by atoms with Crippen LogP contribution in [-0.4, -0.2) is 12.1 Å². The van der Waals surface area contributed by atoms with Crippen LogP contribution in [0, 0.1) is 16.7 Å². The van der Waals surface area contributed by atoms with Gasteiger partial charge in [-0.3, -0.25) is 0 Å². The van der Waals surface area contributed by atoms with Crippen molar-refractivity contribution in [2.75, 3.05) is 0 Å². The van der Waals surface area contributed by atoms with Crippen LogP contribution in [0.5, 0.6) is 0 Å². The van der Waals surface area contributed by atoms with Crippen molar-refractivity contribution in [1.82, 2.24) is 0 Å². The van der Waals surface area contributed by atoms with E-state index in [9.17, 15) is 4.79 Å². The zero-order valence-corrected chi connectivity index (χ0v) is 13.1. The topological polar surface area (TPSA) is 26.3 Å². The van der Waals surface area contributed by atoms with E-state index in [0.717, 1.165) is 6.42 Å². The number of fused-ring (bicyclic) bond motifs is 2. The molecule has 0 aromatic rings. The summed E-state index contributed by atoms with van der Waals surface area (Å²) in [4.78, 5) is 12.2. The van der Waals surface area contributed by atoms with Crippen LogP contribution in [0.25, 0.3) is 0 Å². The summed E-state index contributed by atoms with van der Waals surface area (Å²) in [6.45, 7) is 12.3. The highest BCUT2D eigenvalue weighted by Gasteiger charge is 2.62. The summed E-state index contributed by atoms with van der Waals surface area (Å²) in [6, 6.07) is 0. The van der Waals surface area contributed by atoms with Crippen LogP contribution in [0.15, 0.2) is 36.5 Å². The van der Waals surface area contributed by atoms with Crippen molar-refractivity contribution in [1.29, 1.82) is 0 Å². The van der Waals surface area contributed by atoms with Gasteiger partial charge in [-0.05, 0) is 37.5 Å². The third-order valence-corrected chi connectivity index (χ3v) is 5.88. The Kier molecular flexibility index (Phi) is 3.95. The van der Waals surface area contributed by atoms with Gasteiger partial charge in [-0.25, -0.2) is 4.79 Å². The van der Waals surface area contributed by atoms with Gasteiger partial charge >= 0.3 is 5.97 Å². The van der Waals surface area contributed by atoms with Crippen molar-refractivity contribution in [2.24, 2.45) is 16.7 Å². The van der Waals surface area contributed by atoms with Gasteiger partial charge in [0.15, 0.2) is 0 Å². The van der Waals surface area contributed by atoms with Gasteiger partial charge in [0.1, 0.15) is 6.10 Å². The molecule has 3 atom stereocenters. The molecule has 2 aliphatic carbocycles. The Morgan fingerprint density at radius 1 is 1.30 bits per heavy atom. The van der Waals surface area contributed by atoms with Crippen LogP contribution in [0.2, 0.25) is 0 Å². The molecule has 0 spiro atoms. The summed E-state index contributed by atoms with van der Waals surface area (Å²) in [7, 11) is 0. The minimum atomic E-state index is -0.187. The highest BCUT2D eigenvalue weighted by molar-refractivity contribution is 5.88. The molecule has 2 nitrogen and oxygen atoms in total. The first kappa shape index (κ1) is 15.1. The Balaban J connectivity index is 2.05. The maximum atomic E-state index is 12.2. The Bertz CT molecular complexity index is 470. The number of allylic oxidation sites excluding steroid dienone is 4. The molecule has 2 fully saturated rings. The van der Waals surface area contributed by atoms with Crippen LogP contribution in [-0.2, 0) is 9.53 Å². The first-order valence-corrected chi connectivity index (χ1v) is 7.50. The van der Waals surface area contributed by atoms with E-state index in [1.807, 2.05) is 6.08 Å². The molecule has 3 unspecified atom stereocenters. The van der Waals surface area contributed by atoms with E-state index in [0.29, 0.717) is 11.5 Å². The van der Waals surface area contributed by atoms with E-state index in [2.05, 4.69) is 27.4 Å². The molecule has 2 aliphatic rings. The standard InChI is InChI=1S/C18H26O2/c1-6-7-8-9-13(2)16(19)20-15-12-14-10-11-18(15,5)17(14,3)4/h6-9,14-15H,1,10-12H2,2-5H3/b8-7+,13-9+. The average Bonchev–Trinajstić information content (AvgIpc) is 2.72. The summed E-state index contributed by atoms with van der Waals surface area (Å²) in [5, 5.41) is 0. The monoisotopic (exact) mass is 274 g/mol. The predicted octanol–water partition coefficient (Wildman–Crippen LogP) is 4.43. The molecule has 0 aromatic heterocycles. The maximum absolute atomic E-state index is 12.2. The Labute approximate surface area is 122 Å². The lowest BCUT2D eigenvalue weighted by molar-refractivity contribution is -0.151. The van der Waals surface area contributed by atoms with Crippen LogP contribution in [0.3, 0.4) is 0 Å². The quantitative estimate of drug-likeness (QED) is 0.430. The minimum absolute atomic E-state index is 0.0653. The van der Waals surface area contributed by atoms with Crippen molar-refractivity contribution in [3.05, 3.63) is 36.5 Å². The molecule has 0 amide bonds. The molecule has 0 aliphatic heterocycles. The number of esters is 1. The van der Waals surface area contributed by atoms with E-state index in [1.54, 1.807) is 25.2 Å². The van der Waals surface area contributed by atoms with Gasteiger partial charge in [0, 0.05) is 11.0 Å². The van der Waals surface area contributed by atoms with Crippen LogP contribution in [0.4, 0.5) is 0 Å². The molecule has 0 heterocycles. The van der Waals surface area contributed by atoms with E-state index >= 15 is 0 Å². The fourth-order valence-electron chi connectivity index (χ4n) is 3.88. The second kappa shape index (κ2) is 5.23. The van der Waals surface area contributed by atoms with Gasteiger partial charge in [0.25, 0.3) is 0 Å². The number of hydrogen-bond acceptors (Lipinski definition) is 2. The van der Waals surface area contributed by atoms with Gasteiger partial charge in [0.2, 0.25) is 0 Å². The largest absolute Gasteiger partial charge is 0.458 e. The average molecular weight is 274 g/mol. The van der Waals surface area contributed by atoms with Crippen molar-refractivity contribution in [3.63, 3.8) is 0 Å². The summed E-state index contributed by atoms with van der Waals surface area (Å²) >= 11 is 0. The molecule has 0 aromatic carbocycles. The molecule has 0 radical (unpaired) electrons. The van der Waals surface area contributed by atoms with E-state index in [-0.39, 0.29) is 22.9 Å². The second-order valence-corrected chi connectivity index (χ2v) is 6.97. The van der Waals surface area contributed by atoms with Crippen LogP contribution in [0.1, 0.15) is 47.0 Å². The lowest BCUT2D eigenvalue weighted by atomic mass is 9.70. The predicted molar refractivity (Wildman–Crippen MR) is 82.2 cm³/mol. The number of hydrogen-bond donors (Lipinski definition) is 0. The number of carbonyl (C=O) groups is 1. The molecule has 0 saturated heterocycles. The SMILES string of the molecule is C=C/C=C/C=C(\C)C(=O)OC1CC2CCC1(C)C2(C)C.